The van der Waals surface area contributed by atoms with E-state index in [1.807, 2.05) is 0 Å². The summed E-state index contributed by atoms with van der Waals surface area (Å²) in [6.07, 6.45) is 1.26. The zero-order valence-electron chi connectivity index (χ0n) is 8.83. The molecule has 0 spiro atoms. The number of rotatable bonds is 4. The molecule has 2 N–H and O–H groups in total. The Morgan fingerprint density at radius 1 is 1.62 bits per heavy atom. The molecular weight excluding hydrogens is 180 g/mol. The zero-order chi connectivity index (χ0) is 9.68. The third-order valence-corrected chi connectivity index (χ3v) is 4.01. The average molecular weight is 202 g/mol. The highest BCUT2D eigenvalue weighted by atomic mass is 32.2. The van der Waals surface area contributed by atoms with Crippen LogP contribution in [0.3, 0.4) is 0 Å². The lowest BCUT2D eigenvalue weighted by Gasteiger charge is -2.33. The van der Waals surface area contributed by atoms with E-state index in [-0.39, 0.29) is 0 Å². The smallest absolute Gasteiger partial charge is 0.0158 e. The molecule has 0 amide bonds. The molecule has 0 radical (unpaired) electrons. The van der Waals surface area contributed by atoms with E-state index in [2.05, 4.69) is 30.5 Å². The van der Waals surface area contributed by atoms with E-state index in [0.29, 0.717) is 5.92 Å². The van der Waals surface area contributed by atoms with E-state index in [1.54, 1.807) is 0 Å². The first-order chi connectivity index (χ1) is 6.24. The van der Waals surface area contributed by atoms with Gasteiger partial charge in [-0.3, -0.25) is 4.90 Å². The molecule has 78 valence electrons. The van der Waals surface area contributed by atoms with Gasteiger partial charge >= 0.3 is 0 Å². The Kier molecular flexibility index (Phi) is 5.14. The molecule has 13 heavy (non-hydrogen) atoms. The van der Waals surface area contributed by atoms with Crippen LogP contribution in [0.1, 0.15) is 20.3 Å². The fourth-order valence-corrected chi connectivity index (χ4v) is 2.68. The first-order valence-corrected chi connectivity index (χ1v) is 6.41. The molecule has 2 atom stereocenters. The Bertz CT molecular complexity index is 141. The van der Waals surface area contributed by atoms with E-state index in [0.717, 1.165) is 12.6 Å². The van der Waals surface area contributed by atoms with E-state index in [1.165, 1.54) is 31.0 Å². The quantitative estimate of drug-likeness (QED) is 0.747. The Labute approximate surface area is 86.2 Å². The van der Waals surface area contributed by atoms with Crippen molar-refractivity contribution >= 4 is 11.8 Å². The highest BCUT2D eigenvalue weighted by Gasteiger charge is 2.18. The molecule has 1 saturated heterocycles. The topological polar surface area (TPSA) is 29.3 Å². The van der Waals surface area contributed by atoms with Crippen LogP contribution in [0.25, 0.3) is 0 Å². The van der Waals surface area contributed by atoms with Crippen LogP contribution in [0, 0.1) is 5.92 Å². The van der Waals surface area contributed by atoms with Crippen LogP contribution in [0.2, 0.25) is 0 Å². The molecule has 2 nitrogen and oxygen atoms in total. The maximum atomic E-state index is 5.60. The fourth-order valence-electron chi connectivity index (χ4n) is 1.60. The molecular formula is C10H22N2S. The SMILES string of the molecule is CC(CN)CCN1CCSCC1C. The summed E-state index contributed by atoms with van der Waals surface area (Å²) in [4.78, 5) is 2.60. The monoisotopic (exact) mass is 202 g/mol. The number of nitrogens with zero attached hydrogens (tertiary/aromatic N) is 1. The van der Waals surface area contributed by atoms with Crippen molar-refractivity contribution in [3.63, 3.8) is 0 Å². The van der Waals surface area contributed by atoms with Gasteiger partial charge in [0.25, 0.3) is 0 Å². The predicted molar refractivity (Wildman–Crippen MR) is 61.2 cm³/mol. The van der Waals surface area contributed by atoms with Crippen LogP contribution >= 0.6 is 11.8 Å². The molecule has 0 bridgehead atoms. The Hall–Kier alpha value is 0.270. The summed E-state index contributed by atoms with van der Waals surface area (Å²) in [5, 5.41) is 0. The molecule has 1 aliphatic heterocycles. The minimum absolute atomic E-state index is 0.682. The van der Waals surface area contributed by atoms with Crippen molar-refractivity contribution in [2.45, 2.75) is 26.3 Å². The Balaban J connectivity index is 2.18. The van der Waals surface area contributed by atoms with Crippen LogP contribution < -0.4 is 5.73 Å². The minimum atomic E-state index is 0.682. The van der Waals surface area contributed by atoms with Gasteiger partial charge in [0.2, 0.25) is 0 Å². The Morgan fingerprint density at radius 3 is 3.00 bits per heavy atom. The normalized spacial score (nSPS) is 27.5. The molecule has 0 aromatic rings. The van der Waals surface area contributed by atoms with Gasteiger partial charge in [-0.25, -0.2) is 0 Å². The van der Waals surface area contributed by atoms with Crippen LogP contribution in [0.15, 0.2) is 0 Å². The third-order valence-electron chi connectivity index (χ3n) is 2.82. The first kappa shape index (κ1) is 11.3. The van der Waals surface area contributed by atoms with Gasteiger partial charge in [-0.1, -0.05) is 6.92 Å². The van der Waals surface area contributed by atoms with Crippen LogP contribution in [-0.2, 0) is 0 Å². The highest BCUT2D eigenvalue weighted by molar-refractivity contribution is 7.99. The lowest BCUT2D eigenvalue weighted by atomic mass is 10.1. The Morgan fingerprint density at radius 2 is 2.38 bits per heavy atom. The molecule has 3 heteroatoms. The fraction of sp³-hybridized carbons (Fsp3) is 1.00. The number of hydrogen-bond acceptors (Lipinski definition) is 3. The van der Waals surface area contributed by atoms with Crippen molar-refractivity contribution < 1.29 is 0 Å². The van der Waals surface area contributed by atoms with Gasteiger partial charge in [-0.2, -0.15) is 11.8 Å². The molecule has 0 saturated carbocycles. The molecule has 1 aliphatic rings. The zero-order valence-corrected chi connectivity index (χ0v) is 9.65. The van der Waals surface area contributed by atoms with Crippen molar-refractivity contribution in [1.29, 1.82) is 0 Å². The van der Waals surface area contributed by atoms with Gasteiger partial charge in [0.15, 0.2) is 0 Å². The maximum absolute atomic E-state index is 5.60. The van der Waals surface area contributed by atoms with Crippen LogP contribution in [0.4, 0.5) is 0 Å². The molecule has 1 rings (SSSR count). The highest BCUT2D eigenvalue weighted by Crippen LogP contribution is 2.16. The third kappa shape index (κ3) is 3.88. The van der Waals surface area contributed by atoms with Gasteiger partial charge in [0.1, 0.15) is 0 Å². The van der Waals surface area contributed by atoms with E-state index in [9.17, 15) is 0 Å². The predicted octanol–water partition coefficient (Wildman–Crippen LogP) is 1.41. The number of nitrogens with two attached hydrogens (primary N) is 1. The lowest BCUT2D eigenvalue weighted by Crippen LogP contribution is -2.41. The number of thioether (sulfide) groups is 1. The largest absolute Gasteiger partial charge is 0.330 e. The molecule has 0 aliphatic carbocycles. The van der Waals surface area contributed by atoms with E-state index in [4.69, 9.17) is 5.73 Å². The minimum Gasteiger partial charge on any atom is -0.330 e. The summed E-state index contributed by atoms with van der Waals surface area (Å²) >= 11 is 2.08. The van der Waals surface area contributed by atoms with Gasteiger partial charge in [-0.15, -0.1) is 0 Å². The van der Waals surface area contributed by atoms with Crippen LogP contribution in [-0.4, -0.2) is 42.1 Å². The second-order valence-electron chi connectivity index (χ2n) is 4.09. The summed E-state index contributed by atoms with van der Waals surface area (Å²) in [5.41, 5.74) is 5.60. The summed E-state index contributed by atoms with van der Waals surface area (Å²) in [7, 11) is 0. The standard InChI is InChI=1S/C10H22N2S/c1-9(7-11)3-4-12-5-6-13-8-10(12)2/h9-10H,3-8,11H2,1-2H3. The molecule has 1 fully saturated rings. The van der Waals surface area contributed by atoms with Crippen molar-refractivity contribution in [2.24, 2.45) is 11.7 Å². The molecule has 0 aromatic heterocycles. The maximum Gasteiger partial charge on any atom is 0.0158 e. The second kappa shape index (κ2) is 5.89. The van der Waals surface area contributed by atoms with Gasteiger partial charge < -0.3 is 5.73 Å². The van der Waals surface area contributed by atoms with Gasteiger partial charge in [-0.05, 0) is 32.4 Å². The summed E-state index contributed by atoms with van der Waals surface area (Å²) in [6.45, 7) is 7.91. The average Bonchev–Trinajstić information content (AvgIpc) is 2.16. The van der Waals surface area contributed by atoms with Crippen LogP contribution in [0.5, 0.6) is 0 Å². The lowest BCUT2D eigenvalue weighted by molar-refractivity contribution is 0.218. The van der Waals surface area contributed by atoms with Gasteiger partial charge in [0, 0.05) is 24.1 Å². The van der Waals surface area contributed by atoms with Crippen molar-refractivity contribution in [3.8, 4) is 0 Å². The number of hydrogen-bond donors (Lipinski definition) is 1. The molecule has 1 heterocycles. The summed E-state index contributed by atoms with van der Waals surface area (Å²) in [6, 6.07) is 0.767. The van der Waals surface area contributed by atoms with Crippen molar-refractivity contribution in [3.05, 3.63) is 0 Å². The van der Waals surface area contributed by atoms with Gasteiger partial charge in [0.05, 0.1) is 0 Å². The first-order valence-electron chi connectivity index (χ1n) is 5.26. The summed E-state index contributed by atoms with van der Waals surface area (Å²) in [5.74, 6) is 3.29. The van der Waals surface area contributed by atoms with Crippen molar-refractivity contribution in [1.82, 2.24) is 4.90 Å². The van der Waals surface area contributed by atoms with E-state index < -0.39 is 0 Å². The summed E-state index contributed by atoms with van der Waals surface area (Å²) < 4.78 is 0. The molecule has 2 unspecified atom stereocenters. The van der Waals surface area contributed by atoms with Crippen molar-refractivity contribution in [2.75, 3.05) is 31.1 Å². The molecule has 0 aromatic carbocycles. The van der Waals surface area contributed by atoms with E-state index >= 15 is 0 Å². The second-order valence-corrected chi connectivity index (χ2v) is 5.24.